The molecule has 5 heteroatoms. The minimum atomic E-state index is -0.213. The molecule has 0 aliphatic carbocycles. The Morgan fingerprint density at radius 2 is 2.00 bits per heavy atom. The molecule has 0 aliphatic rings. The van der Waals surface area contributed by atoms with E-state index in [-0.39, 0.29) is 18.0 Å². The van der Waals surface area contributed by atoms with Gasteiger partial charge >= 0.3 is 0 Å². The minimum absolute atomic E-state index is 0.184. The fraction of sp³-hybridized carbons (Fsp3) is 0.111. The van der Waals surface area contributed by atoms with Gasteiger partial charge in [0.05, 0.1) is 0 Å². The molecule has 0 saturated carbocycles. The molecule has 0 atom stereocenters. The predicted octanol–water partition coefficient (Wildman–Crippen LogP) is 3.53. The zero-order valence-electron chi connectivity index (χ0n) is 12.5. The summed E-state index contributed by atoms with van der Waals surface area (Å²) in [6.07, 6.45) is 0. The van der Waals surface area contributed by atoms with Crippen LogP contribution in [0.2, 0.25) is 0 Å². The van der Waals surface area contributed by atoms with Crippen LogP contribution < -0.4 is 10.9 Å². The Bertz CT molecular complexity index is 947. The highest BCUT2D eigenvalue weighted by Gasteiger charge is 2.08. The molecule has 116 valence electrons. The summed E-state index contributed by atoms with van der Waals surface area (Å²) in [5.41, 5.74) is 2.81. The lowest BCUT2D eigenvalue weighted by Gasteiger charge is -2.07. The molecule has 3 rings (SSSR count). The summed E-state index contributed by atoms with van der Waals surface area (Å²) in [4.78, 5) is 27.1. The first kappa shape index (κ1) is 15.5. The number of rotatable bonds is 3. The molecule has 0 fully saturated rings. The molecule has 0 bridgehead atoms. The standard InChI is InChI=1S/C18H15BrN2O2/c1-11-5-6-16-13(7-11)8-14(18(23)21-16)10-20-17(22)12-3-2-4-15(19)9-12/h2-9H,10H2,1H3,(H,20,22)(H,21,23). The van der Waals surface area contributed by atoms with Gasteiger partial charge in [0, 0.05) is 27.7 Å². The van der Waals surface area contributed by atoms with E-state index in [2.05, 4.69) is 26.2 Å². The lowest BCUT2D eigenvalue weighted by atomic mass is 10.1. The van der Waals surface area contributed by atoms with Crippen LogP contribution in [0.4, 0.5) is 0 Å². The maximum atomic E-state index is 12.2. The number of hydrogen-bond donors (Lipinski definition) is 2. The van der Waals surface area contributed by atoms with E-state index >= 15 is 0 Å². The molecule has 2 aromatic carbocycles. The molecule has 0 radical (unpaired) electrons. The SMILES string of the molecule is Cc1ccc2[nH]c(=O)c(CNC(=O)c3cccc(Br)c3)cc2c1. The number of H-pyrrole nitrogens is 1. The van der Waals surface area contributed by atoms with Gasteiger partial charge in [0.25, 0.3) is 11.5 Å². The highest BCUT2D eigenvalue weighted by Crippen LogP contribution is 2.14. The van der Waals surface area contributed by atoms with Crippen LogP contribution in [0.5, 0.6) is 0 Å². The normalized spacial score (nSPS) is 10.7. The summed E-state index contributed by atoms with van der Waals surface area (Å²) in [6, 6.07) is 14.8. The maximum Gasteiger partial charge on any atom is 0.253 e. The van der Waals surface area contributed by atoms with Gasteiger partial charge in [-0.25, -0.2) is 0 Å². The van der Waals surface area contributed by atoms with Gasteiger partial charge in [0.2, 0.25) is 0 Å². The monoisotopic (exact) mass is 370 g/mol. The van der Waals surface area contributed by atoms with Crippen molar-refractivity contribution in [2.24, 2.45) is 0 Å². The Morgan fingerprint density at radius 1 is 1.17 bits per heavy atom. The molecule has 0 saturated heterocycles. The molecule has 0 unspecified atom stereocenters. The van der Waals surface area contributed by atoms with Gasteiger partial charge in [-0.1, -0.05) is 33.6 Å². The number of amides is 1. The van der Waals surface area contributed by atoms with Crippen LogP contribution in [0, 0.1) is 6.92 Å². The van der Waals surface area contributed by atoms with Crippen LogP contribution in [0.1, 0.15) is 21.5 Å². The first-order valence-electron chi connectivity index (χ1n) is 7.19. The van der Waals surface area contributed by atoms with Gasteiger partial charge in [0.15, 0.2) is 0 Å². The third kappa shape index (κ3) is 3.51. The average molecular weight is 371 g/mol. The second-order valence-corrected chi connectivity index (χ2v) is 6.32. The van der Waals surface area contributed by atoms with Gasteiger partial charge in [-0.3, -0.25) is 9.59 Å². The van der Waals surface area contributed by atoms with Gasteiger partial charge in [0.1, 0.15) is 0 Å². The molecule has 0 aliphatic heterocycles. The fourth-order valence-electron chi connectivity index (χ4n) is 2.41. The van der Waals surface area contributed by atoms with E-state index in [9.17, 15) is 9.59 Å². The molecule has 3 aromatic rings. The molecule has 1 heterocycles. The zero-order chi connectivity index (χ0) is 16.4. The molecular formula is C18H15BrN2O2. The molecule has 4 nitrogen and oxygen atoms in total. The van der Waals surface area contributed by atoms with Gasteiger partial charge in [-0.15, -0.1) is 0 Å². The van der Waals surface area contributed by atoms with E-state index in [1.54, 1.807) is 18.2 Å². The summed E-state index contributed by atoms with van der Waals surface area (Å²) in [5, 5.41) is 3.74. The number of carbonyl (C=O) groups excluding carboxylic acids is 1. The second-order valence-electron chi connectivity index (χ2n) is 5.41. The Labute approximate surface area is 141 Å². The van der Waals surface area contributed by atoms with Crippen LogP contribution in [0.3, 0.4) is 0 Å². The number of pyridine rings is 1. The van der Waals surface area contributed by atoms with Crippen LogP contribution in [0.15, 0.2) is 57.8 Å². The molecular weight excluding hydrogens is 356 g/mol. The summed E-state index contributed by atoms with van der Waals surface area (Å²) in [6.45, 7) is 2.18. The van der Waals surface area contributed by atoms with Crippen molar-refractivity contribution in [2.75, 3.05) is 0 Å². The van der Waals surface area contributed by atoms with Crippen molar-refractivity contribution in [3.05, 3.63) is 80.0 Å². The van der Waals surface area contributed by atoms with E-state index in [0.717, 1.165) is 20.9 Å². The largest absolute Gasteiger partial charge is 0.348 e. The van der Waals surface area contributed by atoms with Crippen LogP contribution >= 0.6 is 15.9 Å². The van der Waals surface area contributed by atoms with Crippen LogP contribution in [0.25, 0.3) is 10.9 Å². The minimum Gasteiger partial charge on any atom is -0.348 e. The zero-order valence-corrected chi connectivity index (χ0v) is 14.1. The van der Waals surface area contributed by atoms with E-state index in [1.807, 2.05) is 37.3 Å². The smallest absolute Gasteiger partial charge is 0.253 e. The van der Waals surface area contributed by atoms with Crippen molar-refractivity contribution in [2.45, 2.75) is 13.5 Å². The van der Waals surface area contributed by atoms with Crippen LogP contribution in [-0.4, -0.2) is 10.9 Å². The van der Waals surface area contributed by atoms with Crippen molar-refractivity contribution in [3.8, 4) is 0 Å². The molecule has 0 spiro atoms. The number of aromatic amines is 1. The van der Waals surface area contributed by atoms with E-state index in [1.165, 1.54) is 0 Å². The molecule has 2 N–H and O–H groups in total. The van der Waals surface area contributed by atoms with Crippen molar-refractivity contribution in [3.63, 3.8) is 0 Å². The summed E-state index contributed by atoms with van der Waals surface area (Å²) in [5.74, 6) is -0.213. The van der Waals surface area contributed by atoms with Crippen molar-refractivity contribution < 1.29 is 4.79 Å². The summed E-state index contributed by atoms with van der Waals surface area (Å²) in [7, 11) is 0. The third-order valence-electron chi connectivity index (χ3n) is 3.60. The number of benzene rings is 2. The molecule has 1 amide bonds. The number of halogens is 1. The van der Waals surface area contributed by atoms with Crippen molar-refractivity contribution in [1.29, 1.82) is 0 Å². The van der Waals surface area contributed by atoms with Gasteiger partial charge < -0.3 is 10.3 Å². The van der Waals surface area contributed by atoms with E-state index in [0.29, 0.717) is 11.1 Å². The topological polar surface area (TPSA) is 62.0 Å². The lowest BCUT2D eigenvalue weighted by Crippen LogP contribution is -2.26. The highest BCUT2D eigenvalue weighted by atomic mass is 79.9. The number of hydrogen-bond acceptors (Lipinski definition) is 2. The summed E-state index contributed by atoms with van der Waals surface area (Å²) >= 11 is 3.34. The van der Waals surface area contributed by atoms with Crippen molar-refractivity contribution >= 4 is 32.7 Å². The number of aromatic nitrogens is 1. The summed E-state index contributed by atoms with van der Waals surface area (Å²) < 4.78 is 0.837. The molecule has 1 aromatic heterocycles. The quantitative estimate of drug-likeness (QED) is 0.740. The first-order chi connectivity index (χ1) is 11.0. The highest BCUT2D eigenvalue weighted by molar-refractivity contribution is 9.10. The first-order valence-corrected chi connectivity index (χ1v) is 7.98. The third-order valence-corrected chi connectivity index (χ3v) is 4.10. The molecule has 23 heavy (non-hydrogen) atoms. The lowest BCUT2D eigenvalue weighted by molar-refractivity contribution is 0.0950. The van der Waals surface area contributed by atoms with E-state index < -0.39 is 0 Å². The van der Waals surface area contributed by atoms with E-state index in [4.69, 9.17) is 0 Å². The average Bonchev–Trinajstić information content (AvgIpc) is 2.53. The maximum absolute atomic E-state index is 12.2. The number of aryl methyl sites for hydroxylation is 1. The van der Waals surface area contributed by atoms with Crippen LogP contribution in [-0.2, 0) is 6.54 Å². The predicted molar refractivity (Wildman–Crippen MR) is 94.6 cm³/mol. The Balaban J connectivity index is 1.82. The Kier molecular flexibility index (Phi) is 4.30. The second kappa shape index (κ2) is 6.38. The Morgan fingerprint density at radius 3 is 2.78 bits per heavy atom. The van der Waals surface area contributed by atoms with Gasteiger partial charge in [-0.05, 0) is 48.7 Å². The van der Waals surface area contributed by atoms with Gasteiger partial charge in [-0.2, -0.15) is 0 Å². The number of carbonyl (C=O) groups is 1. The van der Waals surface area contributed by atoms with Crippen molar-refractivity contribution in [1.82, 2.24) is 10.3 Å². The fourth-order valence-corrected chi connectivity index (χ4v) is 2.81. The Hall–Kier alpha value is -2.40. The number of nitrogens with one attached hydrogen (secondary N) is 2. The number of fused-ring (bicyclic) bond motifs is 1.